The quantitative estimate of drug-likeness (QED) is 0.792. The molecule has 1 atom stereocenters. The summed E-state index contributed by atoms with van der Waals surface area (Å²) >= 11 is 0. The van der Waals surface area contributed by atoms with Crippen molar-refractivity contribution < 1.29 is 9.26 Å². The highest BCUT2D eigenvalue weighted by atomic mass is 16.5. The van der Waals surface area contributed by atoms with Crippen LogP contribution in [-0.4, -0.2) is 32.9 Å². The van der Waals surface area contributed by atoms with Gasteiger partial charge >= 0.3 is 5.69 Å². The van der Waals surface area contributed by atoms with E-state index in [0.717, 1.165) is 42.5 Å². The first kappa shape index (κ1) is 14.9. The third-order valence-electron chi connectivity index (χ3n) is 5.39. The number of aromatic amines is 1. The second-order valence-electron chi connectivity index (χ2n) is 6.99. The van der Waals surface area contributed by atoms with Crippen LogP contribution in [-0.2, 0) is 4.74 Å². The zero-order chi connectivity index (χ0) is 16.8. The molecule has 1 aromatic carbocycles. The van der Waals surface area contributed by atoms with Crippen LogP contribution in [0.1, 0.15) is 49.9 Å². The Hall–Kier alpha value is -2.41. The molecule has 0 amide bonds. The minimum Gasteiger partial charge on any atom is -0.381 e. The van der Waals surface area contributed by atoms with E-state index in [-0.39, 0.29) is 11.6 Å². The van der Waals surface area contributed by atoms with Crippen LogP contribution in [0, 0.1) is 0 Å². The molecule has 7 nitrogen and oxygen atoms in total. The average molecular weight is 340 g/mol. The van der Waals surface area contributed by atoms with Crippen LogP contribution >= 0.6 is 0 Å². The molecule has 1 saturated carbocycles. The molecule has 0 unspecified atom stereocenters. The standard InChI is InChI=1S/C18H20N4O3/c23-18-19-14-9-11(5-6-15(14)22(18)13-3-1-2-4-13)17-20-16(21-25-17)12-7-8-24-10-12/h5-6,9,12-13H,1-4,7-8,10H2,(H,19,23)/t12-/m1/s1. The second-order valence-corrected chi connectivity index (χ2v) is 6.99. The molecule has 1 aliphatic heterocycles. The summed E-state index contributed by atoms with van der Waals surface area (Å²) in [6.07, 6.45) is 5.46. The van der Waals surface area contributed by atoms with Gasteiger partial charge in [0.25, 0.3) is 5.89 Å². The Morgan fingerprint density at radius 3 is 2.88 bits per heavy atom. The molecule has 3 aromatic rings. The van der Waals surface area contributed by atoms with Gasteiger partial charge in [-0.05, 0) is 37.5 Å². The first-order chi connectivity index (χ1) is 12.3. The highest BCUT2D eigenvalue weighted by Crippen LogP contribution is 2.32. The van der Waals surface area contributed by atoms with Crippen molar-refractivity contribution in [3.63, 3.8) is 0 Å². The Morgan fingerprint density at radius 1 is 1.20 bits per heavy atom. The van der Waals surface area contributed by atoms with E-state index >= 15 is 0 Å². The van der Waals surface area contributed by atoms with Crippen LogP contribution in [0.2, 0.25) is 0 Å². The number of nitrogens with zero attached hydrogens (tertiary/aromatic N) is 3. The molecule has 5 rings (SSSR count). The first-order valence-corrected chi connectivity index (χ1v) is 8.95. The molecule has 1 aliphatic carbocycles. The van der Waals surface area contributed by atoms with Gasteiger partial charge < -0.3 is 14.2 Å². The molecular weight excluding hydrogens is 320 g/mol. The van der Waals surface area contributed by atoms with E-state index in [0.29, 0.717) is 24.4 Å². The monoisotopic (exact) mass is 340 g/mol. The van der Waals surface area contributed by atoms with Crippen LogP contribution in [0.5, 0.6) is 0 Å². The smallest absolute Gasteiger partial charge is 0.326 e. The number of ether oxygens (including phenoxy) is 1. The lowest BCUT2D eigenvalue weighted by molar-refractivity contribution is 0.192. The van der Waals surface area contributed by atoms with E-state index in [9.17, 15) is 4.79 Å². The van der Waals surface area contributed by atoms with Crippen LogP contribution < -0.4 is 5.69 Å². The van der Waals surface area contributed by atoms with E-state index in [4.69, 9.17) is 9.26 Å². The molecule has 0 bridgehead atoms. The number of benzene rings is 1. The molecule has 130 valence electrons. The summed E-state index contributed by atoms with van der Waals surface area (Å²) in [5, 5.41) is 4.10. The Balaban J connectivity index is 1.51. The summed E-state index contributed by atoms with van der Waals surface area (Å²) in [7, 11) is 0. The van der Waals surface area contributed by atoms with Crippen LogP contribution in [0.4, 0.5) is 0 Å². The van der Waals surface area contributed by atoms with Gasteiger partial charge in [0.1, 0.15) is 0 Å². The Morgan fingerprint density at radius 2 is 2.08 bits per heavy atom. The number of hydrogen-bond donors (Lipinski definition) is 1. The summed E-state index contributed by atoms with van der Waals surface area (Å²) in [5.74, 6) is 1.40. The summed E-state index contributed by atoms with van der Waals surface area (Å²) in [4.78, 5) is 19.9. The van der Waals surface area contributed by atoms with Crippen molar-refractivity contribution in [2.75, 3.05) is 13.2 Å². The van der Waals surface area contributed by atoms with Crippen LogP contribution in [0.15, 0.2) is 27.5 Å². The third-order valence-corrected chi connectivity index (χ3v) is 5.39. The van der Waals surface area contributed by atoms with E-state index in [1.165, 1.54) is 12.8 Å². The summed E-state index contributed by atoms with van der Waals surface area (Å²) in [6.45, 7) is 1.39. The molecule has 2 aliphatic rings. The first-order valence-electron chi connectivity index (χ1n) is 8.95. The normalized spacial score (nSPS) is 21.5. The SMILES string of the molecule is O=c1[nH]c2cc(-c3nc([C@@H]4CCOC4)no3)ccc2n1C1CCCC1. The lowest BCUT2D eigenvalue weighted by atomic mass is 10.1. The molecule has 3 heterocycles. The predicted octanol–water partition coefficient (Wildman–Crippen LogP) is 3.00. The van der Waals surface area contributed by atoms with Crippen molar-refractivity contribution in [1.82, 2.24) is 19.7 Å². The van der Waals surface area contributed by atoms with Crippen molar-refractivity contribution in [3.05, 3.63) is 34.5 Å². The van der Waals surface area contributed by atoms with Crippen LogP contribution in [0.3, 0.4) is 0 Å². The maximum atomic E-state index is 12.4. The maximum absolute atomic E-state index is 12.4. The fourth-order valence-electron chi connectivity index (χ4n) is 4.05. The lowest BCUT2D eigenvalue weighted by Crippen LogP contribution is -2.20. The van der Waals surface area contributed by atoms with E-state index in [2.05, 4.69) is 15.1 Å². The molecule has 0 spiro atoms. The number of fused-ring (bicyclic) bond motifs is 1. The molecule has 1 N–H and O–H groups in total. The molecule has 0 radical (unpaired) electrons. The fraction of sp³-hybridized carbons (Fsp3) is 0.500. The average Bonchev–Trinajstić information content (AvgIpc) is 3.38. The Kier molecular flexibility index (Phi) is 3.48. The van der Waals surface area contributed by atoms with E-state index in [1.807, 2.05) is 22.8 Å². The van der Waals surface area contributed by atoms with Crippen LogP contribution in [0.25, 0.3) is 22.5 Å². The van der Waals surface area contributed by atoms with Crippen molar-refractivity contribution in [1.29, 1.82) is 0 Å². The molecular formula is C18H20N4O3. The number of rotatable bonds is 3. The highest BCUT2D eigenvalue weighted by Gasteiger charge is 2.24. The fourth-order valence-corrected chi connectivity index (χ4v) is 4.05. The van der Waals surface area contributed by atoms with Crippen molar-refractivity contribution in [2.45, 2.75) is 44.1 Å². The topological polar surface area (TPSA) is 85.9 Å². The zero-order valence-electron chi connectivity index (χ0n) is 13.9. The van der Waals surface area contributed by atoms with Crippen molar-refractivity contribution >= 4 is 11.0 Å². The lowest BCUT2D eigenvalue weighted by Gasteiger charge is -2.10. The molecule has 25 heavy (non-hydrogen) atoms. The van der Waals surface area contributed by atoms with E-state index < -0.39 is 0 Å². The predicted molar refractivity (Wildman–Crippen MR) is 91.5 cm³/mol. The Labute approximate surface area is 144 Å². The molecule has 1 saturated heterocycles. The summed E-state index contributed by atoms with van der Waals surface area (Å²) in [5.41, 5.74) is 2.56. The third kappa shape index (κ3) is 2.50. The van der Waals surface area contributed by atoms with Gasteiger partial charge in [-0.3, -0.25) is 4.57 Å². The van der Waals surface area contributed by atoms with Gasteiger partial charge in [0.05, 0.1) is 17.6 Å². The largest absolute Gasteiger partial charge is 0.381 e. The maximum Gasteiger partial charge on any atom is 0.326 e. The van der Waals surface area contributed by atoms with Crippen molar-refractivity contribution in [3.8, 4) is 11.5 Å². The second kappa shape index (κ2) is 5.84. The number of hydrogen-bond acceptors (Lipinski definition) is 5. The number of imidazole rings is 1. The van der Waals surface area contributed by atoms with Gasteiger partial charge in [-0.15, -0.1) is 0 Å². The summed E-state index contributed by atoms with van der Waals surface area (Å²) < 4.78 is 12.7. The number of aromatic nitrogens is 4. The van der Waals surface area contributed by atoms with Gasteiger partial charge in [-0.2, -0.15) is 4.98 Å². The van der Waals surface area contributed by atoms with Crippen molar-refractivity contribution in [2.24, 2.45) is 0 Å². The Bertz CT molecular complexity index is 958. The number of H-pyrrole nitrogens is 1. The minimum absolute atomic E-state index is 0.0339. The van der Waals surface area contributed by atoms with Gasteiger partial charge in [0.15, 0.2) is 5.82 Å². The molecule has 2 fully saturated rings. The van der Waals surface area contributed by atoms with Gasteiger partial charge in [-0.25, -0.2) is 4.79 Å². The molecule has 2 aromatic heterocycles. The minimum atomic E-state index is -0.0339. The molecule has 7 heteroatoms. The van der Waals surface area contributed by atoms with E-state index in [1.54, 1.807) is 0 Å². The van der Waals surface area contributed by atoms with Gasteiger partial charge in [0.2, 0.25) is 0 Å². The zero-order valence-corrected chi connectivity index (χ0v) is 13.9. The van der Waals surface area contributed by atoms with Gasteiger partial charge in [-0.1, -0.05) is 18.0 Å². The highest BCUT2D eigenvalue weighted by molar-refractivity contribution is 5.80. The van der Waals surface area contributed by atoms with Gasteiger partial charge in [0, 0.05) is 24.1 Å². The number of nitrogens with one attached hydrogen (secondary N) is 1. The summed E-state index contributed by atoms with van der Waals surface area (Å²) in [6, 6.07) is 6.15.